The summed E-state index contributed by atoms with van der Waals surface area (Å²) in [5.74, 6) is 0. The molecular weight excluding hydrogens is 278 g/mol. The summed E-state index contributed by atoms with van der Waals surface area (Å²) in [6.07, 6.45) is 0. The molecule has 1 aromatic carbocycles. The van der Waals surface area contributed by atoms with Crippen molar-refractivity contribution in [1.29, 1.82) is 0 Å². The van der Waals surface area contributed by atoms with E-state index in [1.807, 2.05) is 32.0 Å². The van der Waals surface area contributed by atoms with Crippen LogP contribution in [0.15, 0.2) is 39.9 Å². The highest BCUT2D eigenvalue weighted by Crippen LogP contribution is 2.22. The number of aryl methyl sites for hydroxylation is 2. The van der Waals surface area contributed by atoms with Crippen molar-refractivity contribution in [3.05, 3.63) is 52.4 Å². The number of hydrogen-bond donors (Lipinski definition) is 0. The summed E-state index contributed by atoms with van der Waals surface area (Å²) < 4.78 is 26.5. The zero-order valence-electron chi connectivity index (χ0n) is 11.3. The second kappa shape index (κ2) is 5.45. The predicted molar refractivity (Wildman–Crippen MR) is 78.9 cm³/mol. The van der Waals surface area contributed by atoms with E-state index in [9.17, 15) is 8.42 Å². The third-order valence-electron chi connectivity index (χ3n) is 3.06. The predicted octanol–water partition coefficient (Wildman–Crippen LogP) is 3.19. The third kappa shape index (κ3) is 3.05. The van der Waals surface area contributed by atoms with Crippen molar-refractivity contribution in [2.24, 2.45) is 0 Å². The Morgan fingerprint density at radius 2 is 1.95 bits per heavy atom. The summed E-state index contributed by atoms with van der Waals surface area (Å²) in [6, 6.07) is 9.49. The van der Waals surface area contributed by atoms with Gasteiger partial charge >= 0.3 is 0 Å². The number of hydrogen-bond acceptors (Lipinski definition) is 3. The van der Waals surface area contributed by atoms with Crippen molar-refractivity contribution in [1.82, 2.24) is 4.31 Å². The Morgan fingerprint density at radius 1 is 1.21 bits per heavy atom. The standard InChI is InChI=1S/C14H17NO2S2/c1-11-6-7-12(2)13(9-11)10-15(3)19(16,17)14-5-4-8-18-14/h4-9H,10H2,1-3H3. The van der Waals surface area contributed by atoms with Gasteiger partial charge in [-0.2, -0.15) is 4.31 Å². The monoisotopic (exact) mass is 295 g/mol. The number of benzene rings is 1. The van der Waals surface area contributed by atoms with Crippen LogP contribution < -0.4 is 0 Å². The summed E-state index contributed by atoms with van der Waals surface area (Å²) in [4.78, 5) is 0. The molecule has 0 aliphatic carbocycles. The Morgan fingerprint density at radius 3 is 2.58 bits per heavy atom. The van der Waals surface area contributed by atoms with Gasteiger partial charge < -0.3 is 0 Å². The Bertz CT molecular complexity index is 661. The molecule has 0 aliphatic rings. The molecule has 0 spiro atoms. The first-order valence-electron chi connectivity index (χ1n) is 5.97. The van der Waals surface area contributed by atoms with Crippen LogP contribution in [0.1, 0.15) is 16.7 Å². The maximum absolute atomic E-state index is 12.3. The Kier molecular flexibility index (Phi) is 4.08. The van der Waals surface area contributed by atoms with Gasteiger partial charge in [0.2, 0.25) is 0 Å². The summed E-state index contributed by atoms with van der Waals surface area (Å²) in [5.41, 5.74) is 3.30. The molecule has 0 fully saturated rings. The van der Waals surface area contributed by atoms with Crippen LogP contribution in [-0.2, 0) is 16.6 Å². The van der Waals surface area contributed by atoms with Crippen LogP contribution in [-0.4, -0.2) is 19.8 Å². The average molecular weight is 295 g/mol. The maximum atomic E-state index is 12.3. The zero-order valence-corrected chi connectivity index (χ0v) is 12.9. The zero-order chi connectivity index (χ0) is 14.0. The molecule has 3 nitrogen and oxygen atoms in total. The highest BCUT2D eigenvalue weighted by Gasteiger charge is 2.22. The molecule has 0 saturated carbocycles. The van der Waals surface area contributed by atoms with E-state index >= 15 is 0 Å². The minimum Gasteiger partial charge on any atom is -0.206 e. The Labute approximate surface area is 118 Å². The molecule has 0 unspecified atom stereocenters. The molecule has 0 aliphatic heterocycles. The van der Waals surface area contributed by atoms with Crippen LogP contribution in [0.4, 0.5) is 0 Å². The molecule has 19 heavy (non-hydrogen) atoms. The van der Waals surface area contributed by atoms with E-state index in [-0.39, 0.29) is 0 Å². The second-order valence-corrected chi connectivity index (χ2v) is 7.84. The van der Waals surface area contributed by atoms with Gasteiger partial charge in [-0.1, -0.05) is 29.8 Å². The molecule has 0 atom stereocenters. The molecule has 1 heterocycles. The van der Waals surface area contributed by atoms with Crippen LogP contribution in [0.3, 0.4) is 0 Å². The minimum atomic E-state index is -3.37. The Hall–Kier alpha value is -1.17. The highest BCUT2D eigenvalue weighted by molar-refractivity contribution is 7.91. The number of nitrogens with zero attached hydrogens (tertiary/aromatic N) is 1. The van der Waals surface area contributed by atoms with E-state index in [1.165, 1.54) is 15.6 Å². The highest BCUT2D eigenvalue weighted by atomic mass is 32.2. The molecule has 5 heteroatoms. The SMILES string of the molecule is Cc1ccc(C)c(CN(C)S(=O)(=O)c2cccs2)c1. The molecule has 2 aromatic rings. The number of thiophene rings is 1. The number of sulfonamides is 1. The topological polar surface area (TPSA) is 37.4 Å². The van der Waals surface area contributed by atoms with E-state index in [0.717, 1.165) is 16.7 Å². The fourth-order valence-corrected chi connectivity index (χ4v) is 4.21. The van der Waals surface area contributed by atoms with Crippen LogP contribution >= 0.6 is 11.3 Å². The van der Waals surface area contributed by atoms with Gasteiger partial charge in [0, 0.05) is 13.6 Å². The van der Waals surface area contributed by atoms with Gasteiger partial charge in [-0.05, 0) is 36.4 Å². The van der Waals surface area contributed by atoms with E-state index in [0.29, 0.717) is 10.8 Å². The van der Waals surface area contributed by atoms with Crippen molar-refractivity contribution >= 4 is 21.4 Å². The van der Waals surface area contributed by atoms with E-state index in [2.05, 4.69) is 0 Å². The smallest absolute Gasteiger partial charge is 0.206 e. The molecule has 2 rings (SSSR count). The van der Waals surface area contributed by atoms with Crippen LogP contribution in [0, 0.1) is 13.8 Å². The largest absolute Gasteiger partial charge is 0.252 e. The van der Waals surface area contributed by atoms with Gasteiger partial charge in [0.25, 0.3) is 10.0 Å². The molecule has 0 radical (unpaired) electrons. The molecule has 0 bridgehead atoms. The average Bonchev–Trinajstić information content (AvgIpc) is 2.88. The summed E-state index contributed by atoms with van der Waals surface area (Å²) in [6.45, 7) is 4.41. The fourth-order valence-electron chi connectivity index (χ4n) is 1.86. The molecule has 0 amide bonds. The van der Waals surface area contributed by atoms with Gasteiger partial charge in [-0.15, -0.1) is 11.3 Å². The summed E-state index contributed by atoms with van der Waals surface area (Å²) in [5, 5.41) is 1.78. The lowest BCUT2D eigenvalue weighted by Gasteiger charge is -2.17. The van der Waals surface area contributed by atoms with Crippen molar-refractivity contribution in [2.75, 3.05) is 7.05 Å². The first kappa shape index (κ1) is 14.2. The number of rotatable bonds is 4. The normalized spacial score (nSPS) is 12.0. The van der Waals surface area contributed by atoms with Crippen molar-refractivity contribution in [3.63, 3.8) is 0 Å². The summed E-state index contributed by atoms with van der Waals surface area (Å²) in [7, 11) is -1.75. The maximum Gasteiger partial charge on any atom is 0.252 e. The van der Waals surface area contributed by atoms with E-state index in [4.69, 9.17) is 0 Å². The van der Waals surface area contributed by atoms with Crippen LogP contribution in [0.5, 0.6) is 0 Å². The molecule has 1 aromatic heterocycles. The van der Waals surface area contributed by atoms with Crippen LogP contribution in [0.2, 0.25) is 0 Å². The molecule has 102 valence electrons. The van der Waals surface area contributed by atoms with E-state index < -0.39 is 10.0 Å². The van der Waals surface area contributed by atoms with Gasteiger partial charge in [0.15, 0.2) is 0 Å². The molecule has 0 N–H and O–H groups in total. The summed E-state index contributed by atoms with van der Waals surface area (Å²) >= 11 is 1.25. The minimum absolute atomic E-state index is 0.389. The second-order valence-electron chi connectivity index (χ2n) is 4.62. The van der Waals surface area contributed by atoms with Gasteiger partial charge in [-0.25, -0.2) is 8.42 Å². The lowest BCUT2D eigenvalue weighted by atomic mass is 10.1. The first-order chi connectivity index (χ1) is 8.91. The first-order valence-corrected chi connectivity index (χ1v) is 8.29. The van der Waals surface area contributed by atoms with Gasteiger partial charge in [0.1, 0.15) is 4.21 Å². The molecular formula is C14H17NO2S2. The van der Waals surface area contributed by atoms with Gasteiger partial charge in [-0.3, -0.25) is 0 Å². The van der Waals surface area contributed by atoms with Crippen molar-refractivity contribution < 1.29 is 8.42 Å². The van der Waals surface area contributed by atoms with E-state index in [1.54, 1.807) is 24.6 Å². The van der Waals surface area contributed by atoms with Crippen LogP contribution in [0.25, 0.3) is 0 Å². The van der Waals surface area contributed by atoms with Gasteiger partial charge in [0.05, 0.1) is 0 Å². The quantitative estimate of drug-likeness (QED) is 0.868. The van der Waals surface area contributed by atoms with Crippen molar-refractivity contribution in [2.45, 2.75) is 24.6 Å². The molecule has 0 saturated heterocycles. The van der Waals surface area contributed by atoms with Crippen molar-refractivity contribution in [3.8, 4) is 0 Å². The lowest BCUT2D eigenvalue weighted by molar-refractivity contribution is 0.467. The third-order valence-corrected chi connectivity index (χ3v) is 6.23. The fraction of sp³-hybridized carbons (Fsp3) is 0.286. The lowest BCUT2D eigenvalue weighted by Crippen LogP contribution is -2.26. The Balaban J connectivity index is 2.26.